The van der Waals surface area contributed by atoms with Crippen LogP contribution in [0.5, 0.6) is 5.75 Å². The number of carbonyl (C=O) groups excluding carboxylic acids is 2. The molecule has 38 heavy (non-hydrogen) atoms. The van der Waals surface area contributed by atoms with Crippen molar-refractivity contribution < 1.29 is 27.5 Å². The van der Waals surface area contributed by atoms with Crippen molar-refractivity contribution in [3.8, 4) is 16.9 Å². The second-order valence-corrected chi connectivity index (χ2v) is 11.1. The molecule has 2 aliphatic heterocycles. The molecule has 0 radical (unpaired) electrons. The van der Waals surface area contributed by atoms with Gasteiger partial charge in [-0.1, -0.05) is 12.1 Å². The molecule has 6 nitrogen and oxygen atoms in total. The lowest BCUT2D eigenvalue weighted by Crippen LogP contribution is -2.41. The maximum atomic E-state index is 15.0. The number of hydrogen-bond acceptors (Lipinski definition) is 4. The smallest absolute Gasteiger partial charge is 0.253 e. The van der Waals surface area contributed by atoms with Gasteiger partial charge in [-0.05, 0) is 88.4 Å². The number of primary amides is 1. The molecule has 2 aliphatic rings. The number of ether oxygens (including phenoxy) is 1. The van der Waals surface area contributed by atoms with Crippen LogP contribution in [0.2, 0.25) is 0 Å². The lowest BCUT2D eigenvalue weighted by molar-refractivity contribution is -0.123. The first kappa shape index (κ1) is 28.0. The number of benzene rings is 2. The quantitative estimate of drug-likeness (QED) is 0.531. The average molecular weight is 532 g/mol. The fourth-order valence-corrected chi connectivity index (χ4v) is 5.27. The zero-order valence-corrected chi connectivity index (χ0v) is 22.0. The summed E-state index contributed by atoms with van der Waals surface area (Å²) in [4.78, 5) is 27.8. The van der Waals surface area contributed by atoms with E-state index in [2.05, 4.69) is 4.90 Å². The van der Waals surface area contributed by atoms with Crippen LogP contribution in [0, 0.1) is 23.5 Å². The number of carbonyl (C=O) groups is 2. The van der Waals surface area contributed by atoms with Crippen LogP contribution in [0.1, 0.15) is 49.9 Å². The van der Waals surface area contributed by atoms with Gasteiger partial charge in [0, 0.05) is 36.7 Å². The van der Waals surface area contributed by atoms with Crippen LogP contribution in [-0.4, -0.2) is 66.6 Å². The highest BCUT2D eigenvalue weighted by atomic mass is 19.1. The van der Waals surface area contributed by atoms with E-state index in [0.717, 1.165) is 32.0 Å². The number of nitrogens with zero attached hydrogens (tertiary/aromatic N) is 2. The van der Waals surface area contributed by atoms with Crippen molar-refractivity contribution in [2.45, 2.75) is 45.2 Å². The monoisotopic (exact) mass is 531 g/mol. The first-order valence-corrected chi connectivity index (χ1v) is 13.2. The standard InChI is InChI=1S/C29H36F3N3O3/c1-29(2,32)18-34-11-7-19(8-12-34)17-38-26-6-4-21(15-25(26)31)23-5-3-22(16-24(23)30)28(37)35-13-9-20(10-14-35)27(33)36/h3-6,15-16,19-20H,7-14,17-18H2,1-2H3,(H2,33,36). The predicted octanol–water partition coefficient (Wildman–Crippen LogP) is 4.81. The van der Waals surface area contributed by atoms with Crippen molar-refractivity contribution in [2.24, 2.45) is 17.6 Å². The van der Waals surface area contributed by atoms with Gasteiger partial charge in [0.15, 0.2) is 11.6 Å². The lowest BCUT2D eigenvalue weighted by Gasteiger charge is -2.34. The summed E-state index contributed by atoms with van der Waals surface area (Å²) in [6, 6.07) is 8.48. The molecule has 0 spiro atoms. The SMILES string of the molecule is CC(C)(F)CN1CCC(COc2ccc(-c3ccc(C(=O)N4CCC(C(N)=O)CC4)cc3F)cc2F)CC1. The number of amides is 2. The fraction of sp³-hybridized carbons (Fsp3) is 0.517. The molecule has 2 aromatic carbocycles. The summed E-state index contributed by atoms with van der Waals surface area (Å²) in [6.45, 7) is 6.26. The zero-order valence-electron chi connectivity index (χ0n) is 22.0. The summed E-state index contributed by atoms with van der Waals surface area (Å²) in [7, 11) is 0. The van der Waals surface area contributed by atoms with E-state index in [9.17, 15) is 22.8 Å². The van der Waals surface area contributed by atoms with Crippen LogP contribution in [0.4, 0.5) is 13.2 Å². The Balaban J connectivity index is 1.33. The topological polar surface area (TPSA) is 75.9 Å². The molecule has 0 unspecified atom stereocenters. The van der Waals surface area contributed by atoms with E-state index in [1.807, 2.05) is 0 Å². The molecule has 2 saturated heterocycles. The highest BCUT2D eigenvalue weighted by molar-refractivity contribution is 5.95. The predicted molar refractivity (Wildman–Crippen MR) is 139 cm³/mol. The van der Waals surface area contributed by atoms with Crippen LogP contribution < -0.4 is 10.5 Å². The number of alkyl halides is 1. The molecule has 2 amide bonds. The molecule has 2 aromatic rings. The Morgan fingerprint density at radius 1 is 0.974 bits per heavy atom. The number of hydrogen-bond donors (Lipinski definition) is 1. The lowest BCUT2D eigenvalue weighted by atomic mass is 9.95. The van der Waals surface area contributed by atoms with E-state index in [1.165, 1.54) is 24.3 Å². The van der Waals surface area contributed by atoms with Crippen molar-refractivity contribution in [1.82, 2.24) is 9.80 Å². The van der Waals surface area contributed by atoms with Crippen molar-refractivity contribution in [2.75, 3.05) is 39.3 Å². The van der Waals surface area contributed by atoms with Crippen molar-refractivity contribution in [3.05, 3.63) is 53.6 Å². The third kappa shape index (κ3) is 7.07. The summed E-state index contributed by atoms with van der Waals surface area (Å²) in [5, 5.41) is 0. The van der Waals surface area contributed by atoms with Gasteiger partial charge in [0.1, 0.15) is 11.5 Å². The third-order valence-electron chi connectivity index (χ3n) is 7.42. The van der Waals surface area contributed by atoms with Gasteiger partial charge in [-0.25, -0.2) is 13.2 Å². The summed E-state index contributed by atoms with van der Waals surface area (Å²) >= 11 is 0. The Morgan fingerprint density at radius 3 is 2.24 bits per heavy atom. The Morgan fingerprint density at radius 2 is 1.66 bits per heavy atom. The van der Waals surface area contributed by atoms with Gasteiger partial charge >= 0.3 is 0 Å². The van der Waals surface area contributed by atoms with Gasteiger partial charge in [-0.15, -0.1) is 0 Å². The minimum Gasteiger partial charge on any atom is -0.490 e. The van der Waals surface area contributed by atoms with E-state index in [-0.39, 0.29) is 40.5 Å². The van der Waals surface area contributed by atoms with E-state index < -0.39 is 17.3 Å². The highest BCUT2D eigenvalue weighted by Crippen LogP contribution is 2.30. The first-order chi connectivity index (χ1) is 18.0. The molecule has 0 aliphatic carbocycles. The second kappa shape index (κ2) is 11.8. The van der Waals surface area contributed by atoms with Gasteiger partial charge in [0.25, 0.3) is 5.91 Å². The maximum absolute atomic E-state index is 15.0. The average Bonchev–Trinajstić information content (AvgIpc) is 2.87. The molecule has 0 bridgehead atoms. The second-order valence-electron chi connectivity index (χ2n) is 11.1. The van der Waals surface area contributed by atoms with Crippen LogP contribution in [0.25, 0.3) is 11.1 Å². The molecule has 0 atom stereocenters. The fourth-order valence-electron chi connectivity index (χ4n) is 5.27. The van der Waals surface area contributed by atoms with Crippen molar-refractivity contribution in [1.29, 1.82) is 0 Å². The minimum absolute atomic E-state index is 0.104. The Labute approximate surface area is 221 Å². The largest absolute Gasteiger partial charge is 0.490 e. The Hall–Kier alpha value is -3.07. The van der Waals surface area contributed by atoms with Gasteiger partial charge in [-0.3, -0.25) is 9.59 Å². The molecule has 9 heteroatoms. The summed E-state index contributed by atoms with van der Waals surface area (Å²) in [5.41, 5.74) is 4.84. The summed E-state index contributed by atoms with van der Waals surface area (Å²) in [5.74, 6) is -1.77. The third-order valence-corrected chi connectivity index (χ3v) is 7.42. The molecule has 0 aromatic heterocycles. The number of likely N-dealkylation sites (tertiary alicyclic amines) is 2. The number of nitrogens with two attached hydrogens (primary N) is 1. The molecular weight excluding hydrogens is 495 g/mol. The van der Waals surface area contributed by atoms with Gasteiger partial charge in [0.05, 0.1) is 6.61 Å². The molecule has 4 rings (SSSR count). The van der Waals surface area contributed by atoms with E-state index in [0.29, 0.717) is 44.6 Å². The number of piperidine rings is 2. The number of halogens is 3. The van der Waals surface area contributed by atoms with E-state index >= 15 is 0 Å². The van der Waals surface area contributed by atoms with Gasteiger partial charge in [0.2, 0.25) is 5.91 Å². The molecule has 2 N–H and O–H groups in total. The normalized spacial score (nSPS) is 18.0. The number of rotatable bonds is 8. The molecule has 2 heterocycles. The Bertz CT molecular complexity index is 1150. The van der Waals surface area contributed by atoms with Crippen molar-refractivity contribution >= 4 is 11.8 Å². The van der Waals surface area contributed by atoms with Crippen LogP contribution in [0.3, 0.4) is 0 Å². The summed E-state index contributed by atoms with van der Waals surface area (Å²) in [6.07, 6.45) is 2.70. The van der Waals surface area contributed by atoms with Gasteiger partial charge in [-0.2, -0.15) is 0 Å². The van der Waals surface area contributed by atoms with Crippen LogP contribution in [0.15, 0.2) is 36.4 Å². The van der Waals surface area contributed by atoms with Crippen molar-refractivity contribution in [3.63, 3.8) is 0 Å². The zero-order chi connectivity index (χ0) is 27.4. The summed E-state index contributed by atoms with van der Waals surface area (Å²) < 4.78 is 49.4. The molecule has 0 saturated carbocycles. The Kier molecular flexibility index (Phi) is 8.65. The molecular formula is C29H36F3N3O3. The highest BCUT2D eigenvalue weighted by Gasteiger charge is 2.28. The van der Waals surface area contributed by atoms with Crippen LogP contribution in [-0.2, 0) is 4.79 Å². The first-order valence-electron chi connectivity index (χ1n) is 13.2. The van der Waals surface area contributed by atoms with Crippen LogP contribution >= 0.6 is 0 Å². The molecule has 2 fully saturated rings. The minimum atomic E-state index is -1.23. The van der Waals surface area contributed by atoms with E-state index in [4.69, 9.17) is 10.5 Å². The van der Waals surface area contributed by atoms with Gasteiger partial charge < -0.3 is 20.3 Å². The maximum Gasteiger partial charge on any atom is 0.253 e. The molecule has 206 valence electrons. The van der Waals surface area contributed by atoms with E-state index in [1.54, 1.807) is 24.8 Å².